The van der Waals surface area contributed by atoms with Gasteiger partial charge in [0.2, 0.25) is 0 Å². The summed E-state index contributed by atoms with van der Waals surface area (Å²) in [6, 6.07) is 2.23. The van der Waals surface area contributed by atoms with E-state index in [0.29, 0.717) is 6.04 Å². The van der Waals surface area contributed by atoms with Gasteiger partial charge >= 0.3 is 5.69 Å². The zero-order valence-electron chi connectivity index (χ0n) is 7.44. The molecule has 0 spiro atoms. The van der Waals surface area contributed by atoms with E-state index >= 15 is 0 Å². The lowest BCUT2D eigenvalue weighted by Crippen LogP contribution is -2.32. The third-order valence-electron chi connectivity index (χ3n) is 2.36. The largest absolute Gasteiger partial charge is 0.347 e. The van der Waals surface area contributed by atoms with E-state index in [1.165, 1.54) is 12.6 Å². The fourth-order valence-corrected chi connectivity index (χ4v) is 1.68. The molecule has 4 heteroatoms. The second-order valence-electron chi connectivity index (χ2n) is 3.35. The standard InChI is InChI=1S/C9H13N3O/c13-9-11-5-2-6-12(9)7-8-3-1-4-10-8/h2,5-6,8,10H,1,3-4,7H2/t8-/m0/s1. The predicted octanol–water partition coefficient (Wildman–Crippen LogP) is -0.00470. The van der Waals surface area contributed by atoms with Gasteiger partial charge in [-0.05, 0) is 25.5 Å². The first-order valence-corrected chi connectivity index (χ1v) is 4.61. The van der Waals surface area contributed by atoms with Crippen molar-refractivity contribution >= 4 is 0 Å². The predicted molar refractivity (Wildman–Crippen MR) is 49.5 cm³/mol. The monoisotopic (exact) mass is 179 g/mol. The molecule has 70 valence electrons. The molecular formula is C9H13N3O. The van der Waals surface area contributed by atoms with Crippen LogP contribution in [0.5, 0.6) is 0 Å². The summed E-state index contributed by atoms with van der Waals surface area (Å²) in [6.45, 7) is 1.81. The minimum Gasteiger partial charge on any atom is -0.312 e. The van der Waals surface area contributed by atoms with Crippen LogP contribution in [-0.2, 0) is 6.54 Å². The number of hydrogen-bond acceptors (Lipinski definition) is 3. The van der Waals surface area contributed by atoms with Crippen molar-refractivity contribution in [1.29, 1.82) is 0 Å². The van der Waals surface area contributed by atoms with Crippen molar-refractivity contribution in [2.45, 2.75) is 25.4 Å². The highest BCUT2D eigenvalue weighted by molar-refractivity contribution is 4.84. The van der Waals surface area contributed by atoms with Crippen LogP contribution in [0.1, 0.15) is 12.8 Å². The zero-order chi connectivity index (χ0) is 9.10. The van der Waals surface area contributed by atoms with Crippen molar-refractivity contribution in [1.82, 2.24) is 14.9 Å². The van der Waals surface area contributed by atoms with Crippen LogP contribution in [0, 0.1) is 0 Å². The van der Waals surface area contributed by atoms with Gasteiger partial charge < -0.3 is 5.32 Å². The molecule has 1 aromatic heterocycles. The molecule has 2 heterocycles. The average Bonchev–Trinajstić information content (AvgIpc) is 2.61. The molecule has 1 aromatic rings. The van der Waals surface area contributed by atoms with E-state index in [1.54, 1.807) is 16.8 Å². The highest BCUT2D eigenvalue weighted by atomic mass is 16.1. The Kier molecular flexibility index (Phi) is 2.40. The summed E-state index contributed by atoms with van der Waals surface area (Å²) in [5.74, 6) is 0. The molecule has 4 nitrogen and oxygen atoms in total. The van der Waals surface area contributed by atoms with Crippen LogP contribution in [0.4, 0.5) is 0 Å². The minimum absolute atomic E-state index is 0.156. The molecule has 1 aliphatic heterocycles. The van der Waals surface area contributed by atoms with Gasteiger partial charge in [0, 0.05) is 25.0 Å². The van der Waals surface area contributed by atoms with Gasteiger partial charge in [-0.15, -0.1) is 0 Å². The van der Waals surface area contributed by atoms with Crippen LogP contribution in [-0.4, -0.2) is 22.1 Å². The van der Waals surface area contributed by atoms with Crippen molar-refractivity contribution in [3.63, 3.8) is 0 Å². The lowest BCUT2D eigenvalue weighted by molar-refractivity contribution is 0.493. The molecule has 1 fully saturated rings. The highest BCUT2D eigenvalue weighted by Crippen LogP contribution is 2.05. The molecular weight excluding hydrogens is 166 g/mol. The summed E-state index contributed by atoms with van der Waals surface area (Å²) in [5, 5.41) is 3.34. The van der Waals surface area contributed by atoms with Crippen LogP contribution in [0.3, 0.4) is 0 Å². The first-order chi connectivity index (χ1) is 6.36. The fraction of sp³-hybridized carbons (Fsp3) is 0.556. The summed E-state index contributed by atoms with van der Waals surface area (Å²) in [4.78, 5) is 14.9. The van der Waals surface area contributed by atoms with Gasteiger partial charge in [-0.2, -0.15) is 0 Å². The Morgan fingerprint density at radius 1 is 1.69 bits per heavy atom. The summed E-state index contributed by atoms with van der Waals surface area (Å²) in [7, 11) is 0. The summed E-state index contributed by atoms with van der Waals surface area (Å²) in [5.41, 5.74) is -0.156. The Balaban J connectivity index is 2.08. The maximum atomic E-state index is 11.2. The number of hydrogen-bond donors (Lipinski definition) is 1. The number of aromatic nitrogens is 2. The molecule has 1 saturated heterocycles. The Bertz CT molecular complexity index is 328. The van der Waals surface area contributed by atoms with Gasteiger partial charge in [0.1, 0.15) is 0 Å². The number of nitrogens with one attached hydrogen (secondary N) is 1. The Hall–Kier alpha value is -1.16. The molecule has 0 aromatic carbocycles. The van der Waals surface area contributed by atoms with Crippen molar-refractivity contribution in [3.05, 3.63) is 28.9 Å². The molecule has 0 saturated carbocycles. The molecule has 1 N–H and O–H groups in total. The van der Waals surface area contributed by atoms with Gasteiger partial charge in [-0.1, -0.05) is 0 Å². The van der Waals surface area contributed by atoms with Crippen LogP contribution < -0.4 is 11.0 Å². The summed E-state index contributed by atoms with van der Waals surface area (Å²) >= 11 is 0. The van der Waals surface area contributed by atoms with Gasteiger partial charge in [0.25, 0.3) is 0 Å². The molecule has 2 rings (SSSR count). The zero-order valence-corrected chi connectivity index (χ0v) is 7.44. The van der Waals surface area contributed by atoms with E-state index in [9.17, 15) is 4.79 Å². The van der Waals surface area contributed by atoms with Gasteiger partial charge in [-0.25, -0.2) is 9.78 Å². The second-order valence-corrected chi connectivity index (χ2v) is 3.35. The third-order valence-corrected chi connectivity index (χ3v) is 2.36. The average molecular weight is 179 g/mol. The van der Waals surface area contributed by atoms with Crippen LogP contribution in [0.25, 0.3) is 0 Å². The van der Waals surface area contributed by atoms with E-state index in [-0.39, 0.29) is 5.69 Å². The molecule has 0 bridgehead atoms. The SMILES string of the molecule is O=c1ncccn1C[C@@H]1CCCN1. The van der Waals surface area contributed by atoms with E-state index in [2.05, 4.69) is 10.3 Å². The van der Waals surface area contributed by atoms with Crippen molar-refractivity contribution in [2.24, 2.45) is 0 Å². The van der Waals surface area contributed by atoms with E-state index in [0.717, 1.165) is 19.5 Å². The highest BCUT2D eigenvalue weighted by Gasteiger charge is 2.14. The topological polar surface area (TPSA) is 46.9 Å². The van der Waals surface area contributed by atoms with E-state index in [1.807, 2.05) is 0 Å². The molecule has 0 radical (unpaired) electrons. The van der Waals surface area contributed by atoms with Crippen molar-refractivity contribution in [2.75, 3.05) is 6.54 Å². The van der Waals surface area contributed by atoms with Gasteiger partial charge in [0.05, 0.1) is 0 Å². The number of rotatable bonds is 2. The Labute approximate surface area is 76.6 Å². The first kappa shape index (κ1) is 8.44. The molecule has 0 amide bonds. The third kappa shape index (κ3) is 1.95. The molecule has 0 unspecified atom stereocenters. The van der Waals surface area contributed by atoms with E-state index in [4.69, 9.17) is 0 Å². The lowest BCUT2D eigenvalue weighted by atomic mass is 10.2. The maximum Gasteiger partial charge on any atom is 0.347 e. The fourth-order valence-electron chi connectivity index (χ4n) is 1.68. The summed E-state index contributed by atoms with van der Waals surface area (Å²) < 4.78 is 1.66. The van der Waals surface area contributed by atoms with Crippen molar-refractivity contribution < 1.29 is 0 Å². The molecule has 1 atom stereocenters. The van der Waals surface area contributed by atoms with Gasteiger partial charge in [-0.3, -0.25) is 4.57 Å². The second kappa shape index (κ2) is 3.70. The minimum atomic E-state index is -0.156. The lowest BCUT2D eigenvalue weighted by Gasteiger charge is -2.10. The van der Waals surface area contributed by atoms with Crippen molar-refractivity contribution in [3.8, 4) is 0 Å². The van der Waals surface area contributed by atoms with Gasteiger partial charge in [0.15, 0.2) is 0 Å². The number of nitrogens with zero attached hydrogens (tertiary/aromatic N) is 2. The normalized spacial score (nSPS) is 22.0. The Morgan fingerprint density at radius 2 is 2.62 bits per heavy atom. The molecule has 1 aliphatic rings. The molecule has 13 heavy (non-hydrogen) atoms. The van der Waals surface area contributed by atoms with Crippen LogP contribution in [0.15, 0.2) is 23.3 Å². The molecule has 0 aliphatic carbocycles. The maximum absolute atomic E-state index is 11.2. The first-order valence-electron chi connectivity index (χ1n) is 4.61. The van der Waals surface area contributed by atoms with Crippen LogP contribution in [0.2, 0.25) is 0 Å². The smallest absolute Gasteiger partial charge is 0.312 e. The Morgan fingerprint density at radius 3 is 3.31 bits per heavy atom. The van der Waals surface area contributed by atoms with Crippen LogP contribution >= 0.6 is 0 Å². The summed E-state index contributed by atoms with van der Waals surface area (Å²) in [6.07, 6.45) is 5.68. The van der Waals surface area contributed by atoms with E-state index < -0.39 is 0 Å². The quantitative estimate of drug-likeness (QED) is 0.695.